The van der Waals surface area contributed by atoms with Gasteiger partial charge in [0, 0.05) is 57.5 Å². The first-order valence-electron chi connectivity index (χ1n) is 22.3. The number of para-hydroxylation sites is 1. The van der Waals surface area contributed by atoms with Crippen LogP contribution in [0.1, 0.15) is 40.5 Å². The Morgan fingerprint density at radius 3 is 2.64 bits per heavy atom. The van der Waals surface area contributed by atoms with Crippen molar-refractivity contribution >= 4 is 55.7 Å². The van der Waals surface area contributed by atoms with E-state index in [2.05, 4.69) is 25.1 Å². The van der Waals surface area contributed by atoms with E-state index >= 15 is 0 Å². The summed E-state index contributed by atoms with van der Waals surface area (Å²) >= 11 is 8.61. The smallest absolute Gasteiger partial charge is 0.345 e. The number of carboxylic acids is 1. The number of halogens is 2. The summed E-state index contributed by atoms with van der Waals surface area (Å²) in [6.45, 7) is 4.29. The fourth-order valence-electron chi connectivity index (χ4n) is 9.03. The summed E-state index contributed by atoms with van der Waals surface area (Å²) in [4.78, 5) is 32.2. The molecular formula is C50H50ClFN6O9S2. The predicted molar refractivity (Wildman–Crippen MR) is 262 cm³/mol. The Kier molecular flexibility index (Phi) is 14.4. The van der Waals surface area contributed by atoms with E-state index in [-0.39, 0.29) is 30.7 Å². The van der Waals surface area contributed by atoms with Gasteiger partial charge in [0.15, 0.2) is 10.9 Å². The van der Waals surface area contributed by atoms with Gasteiger partial charge in [-0.2, -0.15) is 0 Å². The van der Waals surface area contributed by atoms with E-state index in [9.17, 15) is 22.7 Å². The number of piperazine rings is 1. The summed E-state index contributed by atoms with van der Waals surface area (Å²) in [5.41, 5.74) is 5.89. The Labute approximate surface area is 408 Å². The maximum Gasteiger partial charge on any atom is 0.345 e. The van der Waals surface area contributed by atoms with Crippen molar-refractivity contribution in [3.05, 3.63) is 147 Å². The summed E-state index contributed by atoms with van der Waals surface area (Å²) in [5.74, 6) is -0.186. The first-order valence-corrected chi connectivity index (χ1v) is 25.6. The van der Waals surface area contributed by atoms with Gasteiger partial charge in [0.2, 0.25) is 6.10 Å². The fourth-order valence-corrected chi connectivity index (χ4v) is 11.6. The number of nitrogens with zero attached hydrogens (tertiary/aromatic N) is 6. The summed E-state index contributed by atoms with van der Waals surface area (Å²) in [6, 6.07) is 18.8. The number of ether oxygens (including phenoxy) is 4. The van der Waals surface area contributed by atoms with Crippen molar-refractivity contribution in [1.82, 2.24) is 19.8 Å². The summed E-state index contributed by atoms with van der Waals surface area (Å²) in [7, 11) is 0.287. The SMILES string of the molecule is COc1ccccc1-c1nccc(COC2C=C/C3=C\C[C@H](CN4CCN(C)[C@@H](CS(C)(=O)=O)C4)Oc4ccc(c(C)c4Cl)C4=C5C(=NON=C5SC4c4ccc(F)cc4)O[C@@H](C(=O)O)CC2=C3)n1. The summed E-state index contributed by atoms with van der Waals surface area (Å²) in [6.07, 6.45) is 8.29. The number of aliphatic carboxylic acids is 1. The molecule has 6 aliphatic rings. The largest absolute Gasteiger partial charge is 0.496 e. The Morgan fingerprint density at radius 2 is 1.86 bits per heavy atom. The number of allylic oxidation sites excluding steroid dienone is 3. The highest BCUT2D eigenvalue weighted by Crippen LogP contribution is 2.54. The number of carbonyl (C=O) groups is 1. The second-order valence-electron chi connectivity index (χ2n) is 17.5. The molecule has 19 heteroatoms. The van der Waals surface area contributed by atoms with Crippen LogP contribution in [0.25, 0.3) is 17.0 Å². The Balaban J connectivity index is 1.10. The predicted octanol–water partition coefficient (Wildman–Crippen LogP) is 7.83. The maximum absolute atomic E-state index is 14.3. The molecule has 1 fully saturated rings. The van der Waals surface area contributed by atoms with Crippen LogP contribution in [0.2, 0.25) is 5.02 Å². The van der Waals surface area contributed by atoms with Crippen LogP contribution in [-0.4, -0.2) is 127 Å². The molecule has 1 aromatic heterocycles. The van der Waals surface area contributed by atoms with Crippen LogP contribution in [0.3, 0.4) is 0 Å². The number of carboxylic acid groups (broad SMARTS) is 1. The molecule has 0 amide bonds. The van der Waals surface area contributed by atoms with Gasteiger partial charge in [0.25, 0.3) is 5.90 Å². The molecule has 1 aliphatic carbocycles. The van der Waals surface area contributed by atoms with Crippen molar-refractivity contribution in [2.45, 2.75) is 56.0 Å². The van der Waals surface area contributed by atoms with Crippen LogP contribution in [-0.2, 0) is 35.7 Å². The van der Waals surface area contributed by atoms with Crippen molar-refractivity contribution < 1.29 is 46.6 Å². The number of sulfone groups is 1. The summed E-state index contributed by atoms with van der Waals surface area (Å²) in [5, 5.41) is 19.6. The van der Waals surface area contributed by atoms with Gasteiger partial charge in [-0.25, -0.2) is 32.5 Å². The van der Waals surface area contributed by atoms with Crippen LogP contribution < -0.4 is 9.47 Å². The van der Waals surface area contributed by atoms with Crippen molar-refractivity contribution in [3.63, 3.8) is 0 Å². The molecule has 3 aromatic carbocycles. The van der Waals surface area contributed by atoms with Gasteiger partial charge in [-0.3, -0.25) is 9.80 Å². The maximum atomic E-state index is 14.3. The second kappa shape index (κ2) is 20.6. The van der Waals surface area contributed by atoms with Gasteiger partial charge < -0.3 is 24.1 Å². The lowest BCUT2D eigenvalue weighted by molar-refractivity contribution is -0.145. The molecule has 0 saturated carbocycles. The number of oxime groups is 2. The molecule has 360 valence electrons. The Morgan fingerprint density at radius 1 is 1.04 bits per heavy atom. The zero-order valence-corrected chi connectivity index (χ0v) is 40.6. The number of rotatable bonds is 11. The summed E-state index contributed by atoms with van der Waals surface area (Å²) < 4.78 is 64.5. The fraction of sp³-hybridized carbons (Fsp3) is 0.340. The van der Waals surface area contributed by atoms with E-state index in [0.29, 0.717) is 93.5 Å². The molecule has 69 heavy (non-hydrogen) atoms. The molecule has 1 N–H and O–H groups in total. The van der Waals surface area contributed by atoms with Crippen molar-refractivity contribution in [3.8, 4) is 22.9 Å². The molecule has 1 saturated heterocycles. The van der Waals surface area contributed by atoms with E-state index in [1.165, 1.54) is 30.2 Å². The van der Waals surface area contributed by atoms with Crippen molar-refractivity contribution in [1.29, 1.82) is 0 Å². The first-order chi connectivity index (χ1) is 33.2. The highest BCUT2D eigenvalue weighted by atomic mass is 35.5. The lowest BCUT2D eigenvalue weighted by atomic mass is 9.90. The van der Waals surface area contributed by atoms with Crippen LogP contribution in [0.4, 0.5) is 4.39 Å². The minimum Gasteiger partial charge on any atom is -0.496 e. The second-order valence-corrected chi connectivity index (χ2v) is 21.1. The number of hydrogen-bond donors (Lipinski definition) is 1. The molecule has 0 spiro atoms. The number of likely N-dealkylation sites (N-methyl/N-ethyl adjacent to an activating group) is 1. The molecule has 10 rings (SSSR count). The Bertz CT molecular complexity index is 2950. The average molecular weight is 998 g/mol. The monoisotopic (exact) mass is 996 g/mol. The zero-order chi connectivity index (χ0) is 48.4. The van der Waals surface area contributed by atoms with Crippen LogP contribution in [0, 0.1) is 12.7 Å². The highest BCUT2D eigenvalue weighted by molar-refractivity contribution is 8.15. The number of hydrogen-bond acceptors (Lipinski definition) is 15. The molecular weight excluding hydrogens is 947 g/mol. The van der Waals surface area contributed by atoms with Gasteiger partial charge in [-0.15, -0.1) is 0 Å². The van der Waals surface area contributed by atoms with E-state index in [0.717, 1.165) is 16.7 Å². The number of fused-ring (bicyclic) bond motifs is 7. The van der Waals surface area contributed by atoms with Crippen LogP contribution in [0.5, 0.6) is 11.5 Å². The van der Waals surface area contributed by atoms with E-state index in [4.69, 9.17) is 40.5 Å². The van der Waals surface area contributed by atoms with Gasteiger partial charge in [0.05, 0.1) is 52.7 Å². The lowest BCUT2D eigenvalue weighted by Gasteiger charge is -2.40. The average Bonchev–Trinajstić information content (AvgIpc) is 3.72. The molecule has 4 aromatic rings. The van der Waals surface area contributed by atoms with Crippen molar-refractivity contribution in [2.24, 2.45) is 10.3 Å². The number of methoxy groups -OCH3 is 1. The third-order valence-electron chi connectivity index (χ3n) is 12.6. The van der Waals surface area contributed by atoms with Crippen molar-refractivity contribution in [2.75, 3.05) is 52.3 Å². The topological polar surface area (TPSA) is 175 Å². The molecule has 4 bridgehead atoms. The third-order valence-corrected chi connectivity index (χ3v) is 15.3. The van der Waals surface area contributed by atoms with E-state index in [1.807, 2.05) is 74.7 Å². The molecule has 2 unspecified atom stereocenters. The first kappa shape index (κ1) is 48.1. The number of thioether (sulfide) groups is 1. The lowest BCUT2D eigenvalue weighted by Crippen LogP contribution is -2.55. The minimum atomic E-state index is -3.24. The molecule has 5 atom stereocenters. The quantitative estimate of drug-likeness (QED) is 0.154. The standard InChI is InChI=1S/C50H50ClFN6O9S2/c1-29-37-16-18-41(45(29)51)65-36(26-58-22-21-57(2)35(25-58)28-69(4,61)62)15-9-30-10-17-39(64-27-34-19-20-53-47(54-34)38-7-5-6-8-40(38)63-3)32(23-30)24-42(50(59)60)66-48-44-43(37)46(68-49(44)56-67-55-48)31-11-13-33(52)14-12-31/h5-14,16-20,23,35-36,39,42,46H,15,21-22,24-28H2,1-4H3,(H,59,60)/b30-9+/t35-,36-,39?,42-,46?/m1/s1. The molecule has 0 radical (unpaired) electrons. The van der Waals surface area contributed by atoms with Gasteiger partial charge in [-0.05, 0) is 94.1 Å². The number of benzene rings is 3. The number of aromatic nitrogens is 2. The molecule has 5 aliphatic heterocycles. The van der Waals surface area contributed by atoms with E-state index < -0.39 is 45.2 Å². The van der Waals surface area contributed by atoms with E-state index in [1.54, 1.807) is 31.5 Å². The van der Waals surface area contributed by atoms with Gasteiger partial charge >= 0.3 is 5.97 Å². The molecule has 15 nitrogen and oxygen atoms in total. The minimum absolute atomic E-state index is 0.0326. The van der Waals surface area contributed by atoms with Crippen LogP contribution >= 0.6 is 23.4 Å². The van der Waals surface area contributed by atoms with Gasteiger partial charge in [-0.1, -0.05) is 78.0 Å². The Hall–Kier alpha value is -5.89. The zero-order valence-electron chi connectivity index (χ0n) is 38.3. The highest BCUT2D eigenvalue weighted by Gasteiger charge is 2.42. The van der Waals surface area contributed by atoms with Crippen LogP contribution in [0.15, 0.2) is 124 Å². The van der Waals surface area contributed by atoms with Gasteiger partial charge in [0.1, 0.15) is 33.3 Å². The molecule has 6 heterocycles. The third kappa shape index (κ3) is 11.0. The normalized spacial score (nSPS) is 23.8.